The van der Waals surface area contributed by atoms with E-state index in [0.717, 1.165) is 26.2 Å². The summed E-state index contributed by atoms with van der Waals surface area (Å²) < 4.78 is 10.9. The number of amides is 1. The normalized spacial score (nSPS) is 26.3. The predicted molar refractivity (Wildman–Crippen MR) is 77.4 cm³/mol. The molecule has 0 aliphatic carbocycles. The van der Waals surface area contributed by atoms with Gasteiger partial charge in [0.05, 0.1) is 26.4 Å². The van der Waals surface area contributed by atoms with Gasteiger partial charge in [-0.3, -0.25) is 9.78 Å². The van der Waals surface area contributed by atoms with Crippen molar-refractivity contribution in [2.24, 2.45) is 5.92 Å². The number of carbonyl (C=O) groups excluding carboxylic acids is 1. The maximum atomic E-state index is 12.8. The maximum absolute atomic E-state index is 12.8. The Labute approximate surface area is 124 Å². The van der Waals surface area contributed by atoms with Crippen LogP contribution in [-0.4, -0.2) is 73.7 Å². The smallest absolute Gasteiger partial charge is 0.272 e. The Morgan fingerprint density at radius 3 is 3.05 bits per heavy atom. The van der Waals surface area contributed by atoms with E-state index in [1.165, 1.54) is 0 Å². The van der Waals surface area contributed by atoms with Crippen molar-refractivity contribution in [3.8, 4) is 5.75 Å². The molecule has 0 N–H and O–H groups in total. The third kappa shape index (κ3) is 3.01. The van der Waals surface area contributed by atoms with Crippen LogP contribution in [0.2, 0.25) is 0 Å². The Kier molecular flexibility index (Phi) is 4.07. The zero-order valence-electron chi connectivity index (χ0n) is 12.5. The van der Waals surface area contributed by atoms with E-state index in [0.29, 0.717) is 24.0 Å². The van der Waals surface area contributed by atoms with Gasteiger partial charge in [0.2, 0.25) is 0 Å². The van der Waals surface area contributed by atoms with Gasteiger partial charge in [-0.1, -0.05) is 0 Å². The zero-order valence-corrected chi connectivity index (χ0v) is 12.5. The molecule has 114 valence electrons. The molecular weight excluding hydrogens is 270 g/mol. The third-order valence-corrected chi connectivity index (χ3v) is 4.10. The van der Waals surface area contributed by atoms with Crippen LogP contribution in [0.4, 0.5) is 0 Å². The minimum Gasteiger partial charge on any atom is -0.497 e. The molecule has 3 heterocycles. The van der Waals surface area contributed by atoms with Crippen LogP contribution in [0.3, 0.4) is 0 Å². The summed E-state index contributed by atoms with van der Waals surface area (Å²) >= 11 is 0. The highest BCUT2D eigenvalue weighted by atomic mass is 16.5. The molecule has 2 aliphatic rings. The number of carbonyl (C=O) groups is 1. The minimum absolute atomic E-state index is 0.0373. The molecule has 1 amide bonds. The van der Waals surface area contributed by atoms with E-state index in [9.17, 15) is 4.79 Å². The first-order valence-electron chi connectivity index (χ1n) is 7.24. The van der Waals surface area contributed by atoms with E-state index in [-0.39, 0.29) is 11.9 Å². The lowest BCUT2D eigenvalue weighted by Gasteiger charge is -2.29. The maximum Gasteiger partial charge on any atom is 0.272 e. The highest BCUT2D eigenvalue weighted by molar-refractivity contribution is 5.93. The van der Waals surface area contributed by atoms with Crippen LogP contribution in [-0.2, 0) is 4.74 Å². The van der Waals surface area contributed by atoms with Gasteiger partial charge in [-0.2, -0.15) is 0 Å². The number of likely N-dealkylation sites (N-methyl/N-ethyl adjacent to an activating group) is 1. The number of hydrogen-bond donors (Lipinski definition) is 0. The van der Waals surface area contributed by atoms with Crippen LogP contribution < -0.4 is 4.74 Å². The van der Waals surface area contributed by atoms with Gasteiger partial charge in [-0.05, 0) is 13.1 Å². The summed E-state index contributed by atoms with van der Waals surface area (Å²) in [6, 6.07) is 3.53. The fourth-order valence-electron chi connectivity index (χ4n) is 3.13. The molecule has 0 radical (unpaired) electrons. The van der Waals surface area contributed by atoms with Gasteiger partial charge in [0.25, 0.3) is 5.91 Å². The topological polar surface area (TPSA) is 54.9 Å². The quantitative estimate of drug-likeness (QED) is 0.794. The van der Waals surface area contributed by atoms with Crippen LogP contribution in [0.25, 0.3) is 0 Å². The number of aromatic nitrogens is 1. The van der Waals surface area contributed by atoms with Crippen molar-refractivity contribution in [2.75, 3.05) is 47.0 Å². The first-order chi connectivity index (χ1) is 10.2. The van der Waals surface area contributed by atoms with Crippen LogP contribution in [0, 0.1) is 5.92 Å². The molecule has 0 saturated carbocycles. The lowest BCUT2D eigenvalue weighted by molar-refractivity contribution is 0.0480. The monoisotopic (exact) mass is 291 g/mol. The van der Waals surface area contributed by atoms with Gasteiger partial charge in [0.1, 0.15) is 11.4 Å². The van der Waals surface area contributed by atoms with Gasteiger partial charge in [0.15, 0.2) is 0 Å². The van der Waals surface area contributed by atoms with E-state index in [1.807, 2.05) is 4.90 Å². The van der Waals surface area contributed by atoms with Crippen LogP contribution in [0.15, 0.2) is 18.3 Å². The van der Waals surface area contributed by atoms with Crippen molar-refractivity contribution in [1.29, 1.82) is 0 Å². The Bertz CT molecular complexity index is 523. The first kappa shape index (κ1) is 14.3. The number of pyridine rings is 1. The molecule has 2 bridgehead atoms. The van der Waals surface area contributed by atoms with Crippen LogP contribution >= 0.6 is 0 Å². The Balaban J connectivity index is 1.85. The summed E-state index contributed by atoms with van der Waals surface area (Å²) in [6.07, 6.45) is 1.61. The summed E-state index contributed by atoms with van der Waals surface area (Å²) in [5.41, 5.74) is 0.435. The number of methoxy groups -OCH3 is 1. The fraction of sp³-hybridized carbons (Fsp3) is 0.600. The highest BCUT2D eigenvalue weighted by Crippen LogP contribution is 2.21. The standard InChI is InChI=1S/C15H21N3O3/c1-17-6-11-7-18(12(8-17)10-21-9-11)15(19)14-5-13(20-2)3-4-16-14/h3-5,11-12H,6-10H2,1-2H3/t11-,12-/m0/s1. The molecule has 2 atom stereocenters. The summed E-state index contributed by atoms with van der Waals surface area (Å²) in [4.78, 5) is 21.2. The van der Waals surface area contributed by atoms with E-state index < -0.39 is 0 Å². The second-order valence-corrected chi connectivity index (χ2v) is 5.82. The zero-order chi connectivity index (χ0) is 14.8. The highest BCUT2D eigenvalue weighted by Gasteiger charge is 2.35. The predicted octanol–water partition coefficient (Wildman–Crippen LogP) is 0.493. The largest absolute Gasteiger partial charge is 0.497 e. The van der Waals surface area contributed by atoms with Gasteiger partial charge >= 0.3 is 0 Å². The fourth-order valence-corrected chi connectivity index (χ4v) is 3.13. The molecule has 6 heteroatoms. The Morgan fingerprint density at radius 1 is 1.38 bits per heavy atom. The second-order valence-electron chi connectivity index (χ2n) is 5.82. The average Bonchev–Trinajstić information content (AvgIpc) is 2.76. The molecule has 2 aliphatic heterocycles. The van der Waals surface area contributed by atoms with E-state index >= 15 is 0 Å². The van der Waals surface area contributed by atoms with E-state index in [2.05, 4.69) is 16.9 Å². The molecule has 3 rings (SSSR count). The molecule has 2 fully saturated rings. The van der Waals surface area contributed by atoms with Crippen molar-refractivity contribution >= 4 is 5.91 Å². The van der Waals surface area contributed by atoms with Gasteiger partial charge in [-0.15, -0.1) is 0 Å². The number of fused-ring (bicyclic) bond motifs is 3. The summed E-state index contributed by atoms with van der Waals surface area (Å²) in [7, 11) is 3.69. The summed E-state index contributed by atoms with van der Waals surface area (Å²) in [6.45, 7) is 3.84. The molecule has 0 aromatic carbocycles. The lowest BCUT2D eigenvalue weighted by Crippen LogP contribution is -2.46. The van der Waals surface area contributed by atoms with Crippen LogP contribution in [0.1, 0.15) is 10.5 Å². The summed E-state index contributed by atoms with van der Waals surface area (Å²) in [5, 5.41) is 0. The first-order valence-corrected chi connectivity index (χ1v) is 7.24. The van der Waals surface area contributed by atoms with Crippen molar-refractivity contribution in [1.82, 2.24) is 14.8 Å². The number of rotatable bonds is 2. The average molecular weight is 291 g/mol. The number of ether oxygens (including phenoxy) is 2. The third-order valence-electron chi connectivity index (χ3n) is 4.10. The Hall–Kier alpha value is -1.66. The molecule has 2 saturated heterocycles. The van der Waals surface area contributed by atoms with Crippen molar-refractivity contribution < 1.29 is 14.3 Å². The lowest BCUT2D eigenvalue weighted by atomic mass is 10.1. The SMILES string of the molecule is COc1ccnc(C(=O)N2C[C@H]3COC[C@@H]2CN(C)C3)c1. The second kappa shape index (κ2) is 5.99. The Morgan fingerprint density at radius 2 is 2.24 bits per heavy atom. The van der Waals surface area contributed by atoms with E-state index in [1.54, 1.807) is 25.4 Å². The molecule has 6 nitrogen and oxygen atoms in total. The molecule has 1 aromatic rings. The van der Waals surface area contributed by atoms with Crippen molar-refractivity contribution in [2.45, 2.75) is 6.04 Å². The van der Waals surface area contributed by atoms with Gasteiger partial charge in [0, 0.05) is 37.8 Å². The summed E-state index contributed by atoms with van der Waals surface area (Å²) in [5.74, 6) is 0.973. The van der Waals surface area contributed by atoms with Crippen LogP contribution in [0.5, 0.6) is 5.75 Å². The van der Waals surface area contributed by atoms with Gasteiger partial charge in [-0.25, -0.2) is 0 Å². The molecular formula is C15H21N3O3. The van der Waals surface area contributed by atoms with Crippen molar-refractivity contribution in [3.63, 3.8) is 0 Å². The number of hydrogen-bond acceptors (Lipinski definition) is 5. The molecule has 21 heavy (non-hydrogen) atoms. The minimum atomic E-state index is -0.0373. The number of nitrogens with zero attached hydrogens (tertiary/aromatic N) is 3. The molecule has 1 aromatic heterocycles. The van der Waals surface area contributed by atoms with Gasteiger partial charge < -0.3 is 19.3 Å². The molecule has 0 spiro atoms. The van der Waals surface area contributed by atoms with E-state index in [4.69, 9.17) is 9.47 Å². The molecule has 0 unspecified atom stereocenters. The van der Waals surface area contributed by atoms with Crippen molar-refractivity contribution in [3.05, 3.63) is 24.0 Å².